The Bertz CT molecular complexity index is 751. The summed E-state index contributed by atoms with van der Waals surface area (Å²) in [7, 11) is 0. The molecule has 0 atom stereocenters. The van der Waals surface area contributed by atoms with Crippen molar-refractivity contribution in [3.63, 3.8) is 0 Å². The molecule has 1 saturated carbocycles. The summed E-state index contributed by atoms with van der Waals surface area (Å²) in [5.41, 5.74) is 3.05. The predicted octanol–water partition coefficient (Wildman–Crippen LogP) is 2.01. The van der Waals surface area contributed by atoms with Gasteiger partial charge in [0.05, 0.1) is 0 Å². The number of rotatable bonds is 5. The summed E-state index contributed by atoms with van der Waals surface area (Å²) in [4.78, 5) is 21.2. The number of nitrogens with one attached hydrogen (secondary N) is 3. The molecule has 4 rings (SSSR count). The van der Waals surface area contributed by atoms with Gasteiger partial charge in [-0.1, -0.05) is 0 Å². The third-order valence-corrected chi connectivity index (χ3v) is 5.17. The van der Waals surface area contributed by atoms with E-state index < -0.39 is 0 Å². The molecule has 132 valence electrons. The molecule has 2 heterocycles. The average Bonchev–Trinajstić information content (AvgIpc) is 3.10. The second-order valence-corrected chi connectivity index (χ2v) is 7.11. The molecule has 2 aromatic rings. The first-order valence-corrected chi connectivity index (χ1v) is 9.09. The lowest BCUT2D eigenvalue weighted by atomic mass is 9.80. The molecule has 0 saturated heterocycles. The van der Waals surface area contributed by atoms with E-state index in [0.29, 0.717) is 24.2 Å². The lowest BCUT2D eigenvalue weighted by molar-refractivity contribution is 0.0932. The number of hydrogen-bond donors (Lipinski definition) is 3. The van der Waals surface area contributed by atoms with Gasteiger partial charge in [-0.05, 0) is 57.4 Å². The normalized spacial score (nSPS) is 22.0. The van der Waals surface area contributed by atoms with E-state index >= 15 is 0 Å². The van der Waals surface area contributed by atoms with Gasteiger partial charge >= 0.3 is 0 Å². The van der Waals surface area contributed by atoms with Crippen LogP contribution in [0, 0.1) is 12.8 Å². The molecular weight excluding hydrogens is 316 g/mol. The van der Waals surface area contributed by atoms with Gasteiger partial charge < -0.3 is 10.6 Å². The Labute approximate surface area is 147 Å². The fourth-order valence-corrected chi connectivity index (χ4v) is 3.77. The second kappa shape index (κ2) is 6.82. The number of anilines is 1. The van der Waals surface area contributed by atoms with E-state index in [0.717, 1.165) is 37.3 Å². The predicted molar refractivity (Wildman–Crippen MR) is 94.5 cm³/mol. The number of carbonyl (C=O) groups excluding carboxylic acids is 1. The summed E-state index contributed by atoms with van der Waals surface area (Å²) in [5.74, 6) is 2.32. The first-order chi connectivity index (χ1) is 12.2. The largest absolute Gasteiger partial charge is 0.367 e. The smallest absolute Gasteiger partial charge is 0.269 e. The average molecular weight is 340 g/mol. The Morgan fingerprint density at radius 3 is 2.92 bits per heavy atom. The van der Waals surface area contributed by atoms with Crippen molar-refractivity contribution in [2.24, 2.45) is 5.92 Å². The van der Waals surface area contributed by atoms with E-state index in [1.54, 1.807) is 12.3 Å². The molecule has 25 heavy (non-hydrogen) atoms. The lowest BCUT2D eigenvalue weighted by Gasteiger charge is -2.37. The highest BCUT2D eigenvalue weighted by Gasteiger charge is 2.30. The van der Waals surface area contributed by atoms with Crippen LogP contribution in [-0.4, -0.2) is 38.7 Å². The summed E-state index contributed by atoms with van der Waals surface area (Å²) < 4.78 is 0. The van der Waals surface area contributed by atoms with Crippen molar-refractivity contribution in [3.05, 3.63) is 35.0 Å². The van der Waals surface area contributed by atoms with Crippen molar-refractivity contribution in [2.45, 2.75) is 51.5 Å². The van der Waals surface area contributed by atoms with E-state index in [2.05, 4.69) is 30.8 Å². The second-order valence-electron chi connectivity index (χ2n) is 7.11. The summed E-state index contributed by atoms with van der Waals surface area (Å²) >= 11 is 0. The molecule has 0 unspecified atom stereocenters. The Kier molecular flexibility index (Phi) is 4.38. The number of hydrogen-bond acceptors (Lipinski definition) is 5. The standard InChI is InChI=1S/C18H24N6O/c1-11-21-15-5-3-2-4-14(15)17(22-11)23-13-8-12(9-13)10-19-18(25)16-6-7-20-24-16/h6-7,12-13H,2-5,8-10H2,1H3,(H,19,25)(H,20,24)(H,21,22,23). The van der Waals surface area contributed by atoms with Crippen molar-refractivity contribution in [1.82, 2.24) is 25.5 Å². The summed E-state index contributed by atoms with van der Waals surface area (Å²) in [6, 6.07) is 2.12. The van der Waals surface area contributed by atoms with Gasteiger partial charge in [-0.25, -0.2) is 9.97 Å². The number of aromatic nitrogens is 4. The molecule has 0 radical (unpaired) electrons. The molecule has 1 fully saturated rings. The highest BCUT2D eigenvalue weighted by atomic mass is 16.1. The maximum Gasteiger partial charge on any atom is 0.269 e. The van der Waals surface area contributed by atoms with Gasteiger partial charge in [-0.2, -0.15) is 5.10 Å². The van der Waals surface area contributed by atoms with Crippen molar-refractivity contribution < 1.29 is 4.79 Å². The van der Waals surface area contributed by atoms with Crippen molar-refractivity contribution in [3.8, 4) is 0 Å². The van der Waals surface area contributed by atoms with Crippen LogP contribution in [0.3, 0.4) is 0 Å². The van der Waals surface area contributed by atoms with E-state index in [1.165, 1.54) is 24.1 Å². The third kappa shape index (κ3) is 3.50. The maximum atomic E-state index is 11.9. The SMILES string of the molecule is Cc1nc2c(c(NC3CC(CNC(=O)c4ccn[nH]4)C3)n1)CCCC2. The van der Waals surface area contributed by atoms with E-state index in [4.69, 9.17) is 0 Å². The van der Waals surface area contributed by atoms with Gasteiger partial charge in [0.1, 0.15) is 17.3 Å². The van der Waals surface area contributed by atoms with E-state index in [1.807, 2.05) is 6.92 Å². The third-order valence-electron chi connectivity index (χ3n) is 5.17. The molecular formula is C18H24N6O. The number of H-pyrrole nitrogens is 1. The molecule has 2 aromatic heterocycles. The zero-order valence-corrected chi connectivity index (χ0v) is 14.5. The van der Waals surface area contributed by atoms with Crippen LogP contribution < -0.4 is 10.6 Å². The summed E-state index contributed by atoms with van der Waals surface area (Å²) in [6.45, 7) is 2.67. The highest BCUT2D eigenvalue weighted by Crippen LogP contribution is 2.32. The van der Waals surface area contributed by atoms with Gasteiger partial charge in [0.25, 0.3) is 5.91 Å². The maximum absolute atomic E-state index is 11.9. The quantitative estimate of drug-likeness (QED) is 0.774. The van der Waals surface area contributed by atoms with Gasteiger partial charge in [-0.3, -0.25) is 9.89 Å². The highest BCUT2D eigenvalue weighted by molar-refractivity contribution is 5.92. The zero-order valence-electron chi connectivity index (χ0n) is 14.5. The molecule has 3 N–H and O–H groups in total. The minimum absolute atomic E-state index is 0.0885. The van der Waals surface area contributed by atoms with Crippen LogP contribution >= 0.6 is 0 Å². The minimum Gasteiger partial charge on any atom is -0.367 e. The first-order valence-electron chi connectivity index (χ1n) is 9.09. The summed E-state index contributed by atoms with van der Waals surface area (Å²) in [5, 5.41) is 13.1. The zero-order chi connectivity index (χ0) is 17.2. The fourth-order valence-electron chi connectivity index (χ4n) is 3.77. The van der Waals surface area contributed by atoms with E-state index in [9.17, 15) is 4.79 Å². The van der Waals surface area contributed by atoms with Crippen molar-refractivity contribution in [1.29, 1.82) is 0 Å². The molecule has 2 aliphatic carbocycles. The molecule has 7 nitrogen and oxygen atoms in total. The van der Waals surface area contributed by atoms with Gasteiger partial charge in [0.2, 0.25) is 0 Å². The topological polar surface area (TPSA) is 95.6 Å². The molecule has 0 aliphatic heterocycles. The van der Waals surface area contributed by atoms with Crippen LogP contribution in [0.25, 0.3) is 0 Å². The van der Waals surface area contributed by atoms with Gasteiger partial charge in [0.15, 0.2) is 0 Å². The molecule has 0 bridgehead atoms. The molecule has 7 heteroatoms. The first kappa shape index (κ1) is 16.1. The number of aromatic amines is 1. The van der Waals surface area contributed by atoms with Crippen LogP contribution in [0.2, 0.25) is 0 Å². The number of fused-ring (bicyclic) bond motifs is 1. The number of aryl methyl sites for hydroxylation is 2. The molecule has 0 spiro atoms. The monoisotopic (exact) mass is 340 g/mol. The summed E-state index contributed by atoms with van der Waals surface area (Å²) in [6.07, 6.45) is 8.30. The lowest BCUT2D eigenvalue weighted by Crippen LogP contribution is -2.42. The minimum atomic E-state index is -0.0885. The van der Waals surface area contributed by atoms with Crippen LogP contribution in [0.1, 0.15) is 53.3 Å². The number of nitrogens with zero attached hydrogens (tertiary/aromatic N) is 3. The van der Waals surface area contributed by atoms with Crippen molar-refractivity contribution in [2.75, 3.05) is 11.9 Å². The number of carbonyl (C=O) groups is 1. The van der Waals surface area contributed by atoms with Crippen LogP contribution in [0.5, 0.6) is 0 Å². The Hall–Kier alpha value is -2.44. The van der Waals surface area contributed by atoms with Gasteiger partial charge in [-0.15, -0.1) is 0 Å². The molecule has 1 amide bonds. The Balaban J connectivity index is 1.29. The van der Waals surface area contributed by atoms with Crippen LogP contribution in [-0.2, 0) is 12.8 Å². The van der Waals surface area contributed by atoms with Crippen LogP contribution in [0.4, 0.5) is 5.82 Å². The Morgan fingerprint density at radius 1 is 1.28 bits per heavy atom. The van der Waals surface area contributed by atoms with E-state index in [-0.39, 0.29) is 5.91 Å². The van der Waals surface area contributed by atoms with Gasteiger partial charge in [0, 0.05) is 30.0 Å². The molecule has 0 aromatic carbocycles. The fraction of sp³-hybridized carbons (Fsp3) is 0.556. The number of amides is 1. The van der Waals surface area contributed by atoms with Crippen molar-refractivity contribution >= 4 is 11.7 Å². The van der Waals surface area contributed by atoms with Crippen LogP contribution in [0.15, 0.2) is 12.3 Å². The Morgan fingerprint density at radius 2 is 2.12 bits per heavy atom. The molecule has 2 aliphatic rings.